The average Bonchev–Trinajstić information content (AvgIpc) is 2.64. The van der Waals surface area contributed by atoms with Crippen LogP contribution < -0.4 is 5.06 Å². The van der Waals surface area contributed by atoms with E-state index in [9.17, 15) is 10.5 Å². The Bertz CT molecular complexity index is 413. The summed E-state index contributed by atoms with van der Waals surface area (Å²) in [4.78, 5) is 0. The van der Waals surface area contributed by atoms with Gasteiger partial charge in [0.05, 0.1) is 6.07 Å². The molecule has 3 nitrogen and oxygen atoms in total. The van der Waals surface area contributed by atoms with Gasteiger partial charge in [0.1, 0.15) is 17.0 Å². The molecular formula is C17H24N2O. The molecule has 2 unspecified atom stereocenters. The van der Waals surface area contributed by atoms with Gasteiger partial charge in [-0.25, -0.2) is 0 Å². The first-order chi connectivity index (χ1) is 9.56. The summed E-state index contributed by atoms with van der Waals surface area (Å²) < 4.78 is 0. The molecule has 1 aliphatic heterocycles. The highest BCUT2D eigenvalue weighted by Crippen LogP contribution is 2.39. The van der Waals surface area contributed by atoms with Gasteiger partial charge >= 0.3 is 0 Å². The van der Waals surface area contributed by atoms with Crippen molar-refractivity contribution in [2.24, 2.45) is 5.92 Å². The maximum atomic E-state index is 13.1. The largest absolute Gasteiger partial charge is 0.633 e. The second-order valence-electron chi connectivity index (χ2n) is 5.62. The zero-order valence-corrected chi connectivity index (χ0v) is 12.1. The first-order valence-corrected chi connectivity index (χ1v) is 6.95. The highest BCUT2D eigenvalue weighted by Gasteiger charge is 2.59. The summed E-state index contributed by atoms with van der Waals surface area (Å²) >= 11 is 0. The quantitative estimate of drug-likeness (QED) is 0.545. The Kier molecular flexibility index (Phi) is 5.50. The number of hydrogen-bond donors (Lipinski definition) is 1. The van der Waals surface area contributed by atoms with Crippen LogP contribution >= 0.6 is 0 Å². The predicted molar refractivity (Wildman–Crippen MR) is 82.8 cm³/mol. The molecule has 1 rings (SSSR count). The number of quaternary nitrogens is 1. The monoisotopic (exact) mass is 272 g/mol. The molecular weight excluding hydrogens is 248 g/mol. The van der Waals surface area contributed by atoms with Gasteiger partial charge in [-0.15, -0.1) is 26.3 Å². The van der Waals surface area contributed by atoms with E-state index in [0.717, 1.165) is 0 Å². The number of nitrogens with one attached hydrogen (secondary N) is 1. The van der Waals surface area contributed by atoms with Crippen molar-refractivity contribution in [1.29, 1.82) is 5.26 Å². The van der Waals surface area contributed by atoms with E-state index in [-0.39, 0.29) is 11.0 Å². The summed E-state index contributed by atoms with van der Waals surface area (Å²) in [5.74, 6) is -0.300. The minimum atomic E-state index is -0.676. The van der Waals surface area contributed by atoms with Crippen LogP contribution in [0.5, 0.6) is 0 Å². The van der Waals surface area contributed by atoms with Gasteiger partial charge in [-0.05, 0) is 0 Å². The van der Waals surface area contributed by atoms with Crippen LogP contribution in [0.4, 0.5) is 0 Å². The summed E-state index contributed by atoms with van der Waals surface area (Å²) in [6.07, 6.45) is 9.81. The van der Waals surface area contributed by atoms with Gasteiger partial charge in [0.15, 0.2) is 0 Å². The summed E-state index contributed by atoms with van der Waals surface area (Å²) in [6.45, 7) is 15.0. The van der Waals surface area contributed by atoms with Gasteiger partial charge in [0.25, 0.3) is 0 Å². The van der Waals surface area contributed by atoms with E-state index in [1.807, 2.05) is 0 Å². The smallest absolute Gasteiger partial charge is 0.121 e. The van der Waals surface area contributed by atoms with Crippen molar-refractivity contribution in [1.82, 2.24) is 0 Å². The van der Waals surface area contributed by atoms with E-state index in [1.54, 1.807) is 24.3 Å². The normalized spacial score (nSPS) is 26.4. The van der Waals surface area contributed by atoms with Crippen molar-refractivity contribution < 1.29 is 5.06 Å². The molecule has 0 aliphatic carbocycles. The maximum absolute atomic E-state index is 13.1. The Balaban J connectivity index is 3.32. The van der Waals surface area contributed by atoms with Gasteiger partial charge < -0.3 is 10.3 Å². The van der Waals surface area contributed by atoms with Crippen molar-refractivity contribution in [3.05, 3.63) is 55.8 Å². The Morgan fingerprint density at radius 2 is 1.50 bits per heavy atom. The number of hydroxylamine groups is 2. The molecule has 1 N–H and O–H groups in total. The SMILES string of the molecule is C=CCC1(CC=C)CC(C#N)C(CC=C)(CC=C)[NH+]1[O-]. The van der Waals surface area contributed by atoms with Crippen LogP contribution in [0.15, 0.2) is 50.6 Å². The van der Waals surface area contributed by atoms with Gasteiger partial charge in [0, 0.05) is 32.1 Å². The van der Waals surface area contributed by atoms with Gasteiger partial charge in [-0.3, -0.25) is 0 Å². The topological polar surface area (TPSA) is 51.3 Å². The highest BCUT2D eigenvalue weighted by atomic mass is 16.5. The van der Waals surface area contributed by atoms with E-state index >= 15 is 0 Å². The van der Waals surface area contributed by atoms with Gasteiger partial charge in [-0.2, -0.15) is 5.26 Å². The molecule has 0 aromatic heterocycles. The second-order valence-corrected chi connectivity index (χ2v) is 5.62. The fraction of sp³-hybridized carbons (Fsp3) is 0.471. The maximum Gasteiger partial charge on any atom is 0.121 e. The molecule has 2 atom stereocenters. The van der Waals surface area contributed by atoms with Crippen LogP contribution in [0.2, 0.25) is 0 Å². The molecule has 20 heavy (non-hydrogen) atoms. The van der Waals surface area contributed by atoms with Crippen molar-refractivity contribution in [3.8, 4) is 6.07 Å². The lowest BCUT2D eigenvalue weighted by atomic mass is 9.79. The Morgan fingerprint density at radius 1 is 1.05 bits per heavy atom. The first-order valence-electron chi connectivity index (χ1n) is 6.95. The summed E-state index contributed by atoms with van der Waals surface area (Å²) in [6, 6.07) is 2.34. The Morgan fingerprint density at radius 3 is 1.85 bits per heavy atom. The second kappa shape index (κ2) is 6.69. The minimum absolute atomic E-state index is 0.149. The molecule has 0 saturated carbocycles. The first kappa shape index (κ1) is 16.4. The molecule has 0 spiro atoms. The third kappa shape index (κ3) is 2.49. The number of hydrogen-bond acceptors (Lipinski definition) is 2. The highest BCUT2D eigenvalue weighted by molar-refractivity contribution is 5.13. The lowest BCUT2D eigenvalue weighted by Gasteiger charge is -2.46. The van der Waals surface area contributed by atoms with E-state index in [4.69, 9.17) is 0 Å². The molecule has 1 heterocycles. The molecule has 0 aromatic rings. The van der Waals surface area contributed by atoms with E-state index < -0.39 is 11.1 Å². The molecule has 3 heteroatoms. The summed E-state index contributed by atoms with van der Waals surface area (Å²) in [5.41, 5.74) is -1.21. The fourth-order valence-electron chi connectivity index (χ4n) is 3.59. The molecule has 0 aromatic carbocycles. The molecule has 0 bridgehead atoms. The van der Waals surface area contributed by atoms with Crippen LogP contribution in [-0.4, -0.2) is 11.1 Å². The van der Waals surface area contributed by atoms with Crippen molar-refractivity contribution in [3.63, 3.8) is 0 Å². The third-order valence-electron chi connectivity index (χ3n) is 4.44. The molecule has 0 radical (unpaired) electrons. The van der Waals surface area contributed by atoms with Crippen LogP contribution in [0, 0.1) is 22.5 Å². The molecule has 1 fully saturated rings. The lowest BCUT2D eigenvalue weighted by Crippen LogP contribution is -3.21. The van der Waals surface area contributed by atoms with Crippen molar-refractivity contribution in [2.75, 3.05) is 0 Å². The summed E-state index contributed by atoms with van der Waals surface area (Å²) in [7, 11) is 0. The van der Waals surface area contributed by atoms with Crippen LogP contribution in [-0.2, 0) is 0 Å². The zero-order chi connectivity index (χ0) is 15.2. The fourth-order valence-corrected chi connectivity index (χ4v) is 3.59. The molecule has 108 valence electrons. The minimum Gasteiger partial charge on any atom is -0.633 e. The van der Waals surface area contributed by atoms with Crippen LogP contribution in [0.3, 0.4) is 0 Å². The van der Waals surface area contributed by atoms with Crippen molar-refractivity contribution in [2.45, 2.75) is 43.2 Å². The summed E-state index contributed by atoms with van der Waals surface area (Å²) in [5, 5.41) is 22.8. The zero-order valence-electron chi connectivity index (χ0n) is 12.1. The van der Waals surface area contributed by atoms with Crippen molar-refractivity contribution >= 4 is 0 Å². The molecule has 0 amide bonds. The predicted octanol–water partition coefficient (Wildman–Crippen LogP) is 2.69. The average molecular weight is 272 g/mol. The number of nitriles is 1. The lowest BCUT2D eigenvalue weighted by molar-refractivity contribution is -0.941. The Hall–Kier alpha value is -1.63. The van der Waals surface area contributed by atoms with E-state index in [1.165, 1.54) is 0 Å². The van der Waals surface area contributed by atoms with E-state index in [0.29, 0.717) is 32.1 Å². The van der Waals surface area contributed by atoms with E-state index in [2.05, 4.69) is 32.4 Å². The molecule has 1 saturated heterocycles. The number of nitrogens with zero attached hydrogens (tertiary/aromatic N) is 1. The van der Waals surface area contributed by atoms with Crippen LogP contribution in [0.25, 0.3) is 0 Å². The van der Waals surface area contributed by atoms with Gasteiger partial charge in [-0.1, -0.05) is 24.3 Å². The number of rotatable bonds is 8. The third-order valence-corrected chi connectivity index (χ3v) is 4.44. The van der Waals surface area contributed by atoms with Gasteiger partial charge in [0.2, 0.25) is 0 Å². The van der Waals surface area contributed by atoms with Crippen LogP contribution in [0.1, 0.15) is 32.1 Å². The standard InChI is InChI=1S/C17H24N2O/c1-5-9-16(10-6-2)13-15(14-18)17(11-7-3,12-8-4)19(16)20/h5-8,15,19H,1-4,9-13H2. The Labute approximate surface area is 122 Å². The molecule has 1 aliphatic rings.